The Morgan fingerprint density at radius 2 is 2.00 bits per heavy atom. The van der Waals surface area contributed by atoms with E-state index in [0.717, 1.165) is 5.92 Å². The summed E-state index contributed by atoms with van der Waals surface area (Å²) in [5, 5.41) is 1.30. The molecule has 2 N–H and O–H groups in total. The van der Waals surface area contributed by atoms with Crippen LogP contribution in [0.25, 0.3) is 10.4 Å². The van der Waals surface area contributed by atoms with Crippen molar-refractivity contribution in [3.63, 3.8) is 0 Å². The van der Waals surface area contributed by atoms with Gasteiger partial charge in [0.1, 0.15) is 0 Å². The molecule has 1 aliphatic carbocycles. The summed E-state index contributed by atoms with van der Waals surface area (Å²) < 4.78 is 0. The predicted octanol–water partition coefficient (Wildman–Crippen LogP) is 3.15. The monoisotopic (exact) mass is 230 g/mol. The molecule has 0 atom stereocenters. The van der Waals surface area contributed by atoms with Gasteiger partial charge in [-0.3, -0.25) is 0 Å². The van der Waals surface area contributed by atoms with Gasteiger partial charge in [-0.25, -0.2) is 4.98 Å². The topological polar surface area (TPSA) is 38.9 Å². The maximum Gasteiger partial charge on any atom is 0.0962 e. The fourth-order valence-corrected chi connectivity index (χ4v) is 2.84. The van der Waals surface area contributed by atoms with Crippen molar-refractivity contribution in [3.8, 4) is 10.4 Å². The number of benzene rings is 1. The van der Waals surface area contributed by atoms with Gasteiger partial charge in [0.15, 0.2) is 0 Å². The van der Waals surface area contributed by atoms with Crippen molar-refractivity contribution < 1.29 is 0 Å². The first-order chi connectivity index (χ1) is 7.86. The standard InChI is InChI=1S/C13H14N2S/c14-7-9-1-3-10(4-2-9)12-8-15-13(16-12)11-5-6-11/h1-4,8,11H,5-7,14H2. The molecular weight excluding hydrogens is 216 g/mol. The smallest absolute Gasteiger partial charge is 0.0962 e. The third-order valence-corrected chi connectivity index (χ3v) is 4.13. The fourth-order valence-electron chi connectivity index (χ4n) is 1.75. The van der Waals surface area contributed by atoms with Crippen LogP contribution in [0.4, 0.5) is 0 Å². The van der Waals surface area contributed by atoms with Gasteiger partial charge in [0.2, 0.25) is 0 Å². The van der Waals surface area contributed by atoms with Crippen molar-refractivity contribution in [2.75, 3.05) is 0 Å². The van der Waals surface area contributed by atoms with Gasteiger partial charge in [-0.1, -0.05) is 24.3 Å². The average molecular weight is 230 g/mol. The second kappa shape index (κ2) is 4.00. The van der Waals surface area contributed by atoms with E-state index in [1.165, 1.54) is 33.9 Å². The van der Waals surface area contributed by atoms with Crippen LogP contribution in [0.1, 0.15) is 29.3 Å². The molecule has 0 aliphatic heterocycles. The predicted molar refractivity (Wildman–Crippen MR) is 67.4 cm³/mol. The van der Waals surface area contributed by atoms with Crippen LogP contribution < -0.4 is 5.73 Å². The molecule has 0 bridgehead atoms. The van der Waals surface area contributed by atoms with Crippen LogP contribution in [0.5, 0.6) is 0 Å². The van der Waals surface area contributed by atoms with Crippen molar-refractivity contribution in [1.29, 1.82) is 0 Å². The number of hydrogen-bond donors (Lipinski definition) is 1. The lowest BCUT2D eigenvalue weighted by molar-refractivity contribution is 1.07. The summed E-state index contributed by atoms with van der Waals surface area (Å²) >= 11 is 1.83. The molecule has 2 aromatic rings. The normalized spacial score (nSPS) is 15.3. The third kappa shape index (κ3) is 1.88. The van der Waals surface area contributed by atoms with E-state index in [1.54, 1.807) is 0 Å². The lowest BCUT2D eigenvalue weighted by Gasteiger charge is -1.98. The number of thiazole rings is 1. The molecule has 1 aliphatic rings. The van der Waals surface area contributed by atoms with Gasteiger partial charge >= 0.3 is 0 Å². The van der Waals surface area contributed by atoms with Crippen molar-refractivity contribution in [3.05, 3.63) is 41.0 Å². The van der Waals surface area contributed by atoms with Crippen molar-refractivity contribution in [2.45, 2.75) is 25.3 Å². The molecule has 1 fully saturated rings. The van der Waals surface area contributed by atoms with E-state index in [4.69, 9.17) is 5.73 Å². The summed E-state index contributed by atoms with van der Waals surface area (Å²) in [6.07, 6.45) is 4.63. The van der Waals surface area contributed by atoms with Gasteiger partial charge in [0.05, 0.1) is 9.88 Å². The quantitative estimate of drug-likeness (QED) is 0.879. The maximum atomic E-state index is 5.58. The Hall–Kier alpha value is -1.19. The third-order valence-electron chi connectivity index (χ3n) is 2.92. The second-order valence-corrected chi connectivity index (χ2v) is 5.30. The minimum atomic E-state index is 0.607. The maximum absolute atomic E-state index is 5.58. The Balaban J connectivity index is 1.88. The van der Waals surface area contributed by atoms with E-state index in [-0.39, 0.29) is 0 Å². The Morgan fingerprint density at radius 3 is 2.62 bits per heavy atom. The number of hydrogen-bond acceptors (Lipinski definition) is 3. The first-order valence-electron chi connectivity index (χ1n) is 5.62. The molecule has 0 unspecified atom stereocenters. The van der Waals surface area contributed by atoms with Gasteiger partial charge in [-0.2, -0.15) is 0 Å². The molecule has 0 spiro atoms. The van der Waals surface area contributed by atoms with Crippen LogP contribution >= 0.6 is 11.3 Å². The minimum Gasteiger partial charge on any atom is -0.326 e. The largest absolute Gasteiger partial charge is 0.326 e. The van der Waals surface area contributed by atoms with Crippen LogP contribution in [0.3, 0.4) is 0 Å². The highest BCUT2D eigenvalue weighted by molar-refractivity contribution is 7.15. The summed E-state index contributed by atoms with van der Waals surface area (Å²) in [4.78, 5) is 5.76. The van der Waals surface area contributed by atoms with Gasteiger partial charge in [0, 0.05) is 18.7 Å². The molecule has 0 amide bonds. The van der Waals surface area contributed by atoms with Crippen LogP contribution in [-0.4, -0.2) is 4.98 Å². The van der Waals surface area contributed by atoms with E-state index in [9.17, 15) is 0 Å². The molecule has 0 saturated heterocycles. The highest BCUT2D eigenvalue weighted by atomic mass is 32.1. The van der Waals surface area contributed by atoms with Crippen molar-refractivity contribution >= 4 is 11.3 Å². The highest BCUT2D eigenvalue weighted by Gasteiger charge is 2.26. The van der Waals surface area contributed by atoms with E-state index in [1.807, 2.05) is 17.5 Å². The molecule has 2 nitrogen and oxygen atoms in total. The summed E-state index contributed by atoms with van der Waals surface area (Å²) in [6, 6.07) is 8.44. The number of nitrogens with two attached hydrogens (primary N) is 1. The molecule has 1 saturated carbocycles. The van der Waals surface area contributed by atoms with Crippen molar-refractivity contribution in [1.82, 2.24) is 4.98 Å². The number of nitrogens with zero attached hydrogens (tertiary/aromatic N) is 1. The molecular formula is C13H14N2S. The summed E-state index contributed by atoms with van der Waals surface area (Å²) in [7, 11) is 0. The first kappa shape index (κ1) is 10.00. The van der Waals surface area contributed by atoms with Crippen LogP contribution in [0.2, 0.25) is 0 Å². The molecule has 1 heterocycles. The van der Waals surface area contributed by atoms with Crippen molar-refractivity contribution in [2.24, 2.45) is 5.73 Å². The lowest BCUT2D eigenvalue weighted by Crippen LogP contribution is -1.94. The zero-order chi connectivity index (χ0) is 11.0. The van der Waals surface area contributed by atoms with E-state index in [2.05, 4.69) is 29.2 Å². The van der Waals surface area contributed by atoms with E-state index < -0.39 is 0 Å². The summed E-state index contributed by atoms with van der Waals surface area (Å²) in [5.41, 5.74) is 8.01. The highest BCUT2D eigenvalue weighted by Crippen LogP contribution is 2.43. The summed E-state index contributed by atoms with van der Waals surface area (Å²) in [5.74, 6) is 0.752. The SMILES string of the molecule is NCc1ccc(-c2cnc(C3CC3)s2)cc1. The molecule has 16 heavy (non-hydrogen) atoms. The molecule has 1 aromatic heterocycles. The Morgan fingerprint density at radius 1 is 1.25 bits per heavy atom. The molecule has 82 valence electrons. The number of aromatic nitrogens is 1. The Labute approximate surface area is 99.1 Å². The molecule has 3 heteroatoms. The first-order valence-corrected chi connectivity index (χ1v) is 6.43. The van der Waals surface area contributed by atoms with Gasteiger partial charge in [-0.05, 0) is 24.0 Å². The summed E-state index contributed by atoms with van der Waals surface area (Å²) in [6.45, 7) is 0.607. The molecule has 0 radical (unpaired) electrons. The minimum absolute atomic E-state index is 0.607. The van der Waals surface area contributed by atoms with E-state index >= 15 is 0 Å². The molecule has 3 rings (SSSR count). The zero-order valence-electron chi connectivity index (χ0n) is 9.02. The van der Waals surface area contributed by atoms with Gasteiger partial charge < -0.3 is 5.73 Å². The van der Waals surface area contributed by atoms with Crippen LogP contribution in [0, 0.1) is 0 Å². The number of rotatable bonds is 3. The zero-order valence-corrected chi connectivity index (χ0v) is 9.83. The lowest BCUT2D eigenvalue weighted by atomic mass is 10.1. The van der Waals surface area contributed by atoms with E-state index in [0.29, 0.717) is 6.54 Å². The average Bonchev–Trinajstić information content (AvgIpc) is 3.08. The Bertz CT molecular complexity index is 483. The Kier molecular flexibility index (Phi) is 2.50. The second-order valence-electron chi connectivity index (χ2n) is 4.24. The molecule has 1 aromatic carbocycles. The fraction of sp³-hybridized carbons (Fsp3) is 0.308. The van der Waals surface area contributed by atoms with Gasteiger partial charge in [-0.15, -0.1) is 11.3 Å². The van der Waals surface area contributed by atoms with Gasteiger partial charge in [0.25, 0.3) is 0 Å². The van der Waals surface area contributed by atoms with Crippen LogP contribution in [-0.2, 0) is 6.54 Å². The van der Waals surface area contributed by atoms with Crippen LogP contribution in [0.15, 0.2) is 30.5 Å².